The Bertz CT molecular complexity index is 1460. The quantitative estimate of drug-likeness (QED) is 0.286. The van der Waals surface area contributed by atoms with Crippen LogP contribution in [-0.2, 0) is 22.0 Å². The minimum absolute atomic E-state index is 0.158. The molecular weight excluding hydrogens is 515 g/mol. The lowest BCUT2D eigenvalue weighted by Crippen LogP contribution is -2.28. The van der Waals surface area contributed by atoms with Gasteiger partial charge in [-0.2, -0.15) is 21.6 Å². The number of imidazole rings is 1. The molecule has 1 saturated carbocycles. The second-order valence-corrected chi connectivity index (χ2v) is 12.5. The average Bonchev–Trinajstić information content (AvgIpc) is 3.67. The molecule has 1 spiro atoms. The zero-order chi connectivity index (χ0) is 26.7. The molecule has 1 aliphatic heterocycles. The first-order valence-corrected chi connectivity index (χ1v) is 14.5. The van der Waals surface area contributed by atoms with E-state index in [2.05, 4.69) is 26.4 Å². The Kier molecular flexibility index (Phi) is 6.10. The molecule has 0 amide bonds. The third-order valence-electron chi connectivity index (χ3n) is 8.48. The second kappa shape index (κ2) is 9.12. The number of aromatic amines is 1. The molecule has 2 unspecified atom stereocenters. The van der Waals surface area contributed by atoms with Crippen LogP contribution in [0.5, 0.6) is 5.75 Å². The van der Waals surface area contributed by atoms with Crippen LogP contribution in [0.25, 0.3) is 22.4 Å². The van der Waals surface area contributed by atoms with Crippen LogP contribution in [0.1, 0.15) is 68.4 Å². The maximum atomic E-state index is 13.1. The first kappa shape index (κ1) is 25.4. The number of halogens is 3. The molecule has 2 heterocycles. The Morgan fingerprint density at radius 2 is 1.74 bits per heavy atom. The SMILES string of the molecule is CC1CNC(c2ncc(-c3ccc(-c4ccc(OS(=O)(=O)C(F)(F)F)c5c4C4(CCCC4)CC5)cc3)[nH]2)C1. The molecule has 38 heavy (non-hydrogen) atoms. The highest BCUT2D eigenvalue weighted by molar-refractivity contribution is 7.88. The normalized spacial score (nSPS) is 22.7. The monoisotopic (exact) mass is 545 g/mol. The summed E-state index contributed by atoms with van der Waals surface area (Å²) in [6.45, 7) is 3.20. The van der Waals surface area contributed by atoms with Gasteiger partial charge >= 0.3 is 15.6 Å². The van der Waals surface area contributed by atoms with Crippen molar-refractivity contribution in [2.24, 2.45) is 5.92 Å². The summed E-state index contributed by atoms with van der Waals surface area (Å²) in [5, 5.41) is 3.49. The third-order valence-corrected chi connectivity index (χ3v) is 9.45. The molecule has 2 aliphatic carbocycles. The van der Waals surface area contributed by atoms with Crippen LogP contribution in [-0.4, -0.2) is 30.4 Å². The largest absolute Gasteiger partial charge is 0.534 e. The highest BCUT2D eigenvalue weighted by Gasteiger charge is 2.50. The molecule has 2 N–H and O–H groups in total. The van der Waals surface area contributed by atoms with Crippen LogP contribution in [0, 0.1) is 5.92 Å². The van der Waals surface area contributed by atoms with Crippen molar-refractivity contribution in [1.29, 1.82) is 0 Å². The van der Waals surface area contributed by atoms with E-state index in [0.717, 1.165) is 78.8 Å². The molecule has 1 saturated heterocycles. The van der Waals surface area contributed by atoms with Crippen molar-refractivity contribution in [3.05, 3.63) is 59.5 Å². The predicted octanol–water partition coefficient (Wildman–Crippen LogP) is 6.40. The molecule has 2 aromatic carbocycles. The number of nitrogens with one attached hydrogen (secondary N) is 2. The highest BCUT2D eigenvalue weighted by atomic mass is 32.2. The lowest BCUT2D eigenvalue weighted by Gasteiger charge is -2.27. The van der Waals surface area contributed by atoms with Gasteiger partial charge in [0.05, 0.1) is 17.9 Å². The predicted molar refractivity (Wildman–Crippen MR) is 138 cm³/mol. The van der Waals surface area contributed by atoms with Gasteiger partial charge in [-0.05, 0) is 78.3 Å². The summed E-state index contributed by atoms with van der Waals surface area (Å²) < 4.78 is 67.5. The standard InChI is InChI=1S/C28H30F3N3O3S/c1-17-14-22(32-15-17)26-33-16-23(34-26)19-6-4-18(5-7-19)20-8-9-24(37-38(35,36)28(29,30)31)21-10-13-27(25(20)21)11-2-3-12-27/h4-9,16-17,22,32H,2-3,10-15H2,1H3,(H,33,34). The molecule has 1 aromatic heterocycles. The van der Waals surface area contributed by atoms with Gasteiger partial charge in [0.15, 0.2) is 0 Å². The molecule has 202 valence electrons. The number of aromatic nitrogens is 2. The second-order valence-electron chi connectivity index (χ2n) is 11.0. The van der Waals surface area contributed by atoms with E-state index in [4.69, 9.17) is 0 Å². The van der Waals surface area contributed by atoms with Gasteiger partial charge in [-0.3, -0.25) is 0 Å². The van der Waals surface area contributed by atoms with Crippen LogP contribution in [0.2, 0.25) is 0 Å². The van der Waals surface area contributed by atoms with Crippen LogP contribution in [0.15, 0.2) is 42.6 Å². The summed E-state index contributed by atoms with van der Waals surface area (Å²) >= 11 is 0. The maximum Gasteiger partial charge on any atom is 0.534 e. The number of rotatable bonds is 5. The number of H-pyrrole nitrogens is 1. The summed E-state index contributed by atoms with van der Waals surface area (Å²) in [7, 11) is -5.74. The van der Waals surface area contributed by atoms with Crippen molar-refractivity contribution < 1.29 is 25.8 Å². The van der Waals surface area contributed by atoms with Crippen molar-refractivity contribution in [3.8, 4) is 28.1 Å². The Hall–Kier alpha value is -2.85. The molecule has 0 radical (unpaired) electrons. The van der Waals surface area contributed by atoms with E-state index in [-0.39, 0.29) is 17.2 Å². The van der Waals surface area contributed by atoms with Crippen molar-refractivity contribution in [2.45, 2.75) is 68.8 Å². The zero-order valence-corrected chi connectivity index (χ0v) is 21.9. The van der Waals surface area contributed by atoms with Gasteiger partial charge in [-0.25, -0.2) is 4.98 Å². The fourth-order valence-electron chi connectivity index (χ4n) is 6.62. The smallest absolute Gasteiger partial charge is 0.376 e. The van der Waals surface area contributed by atoms with E-state index in [1.54, 1.807) is 6.07 Å². The van der Waals surface area contributed by atoms with Gasteiger partial charge in [0.2, 0.25) is 0 Å². The molecule has 0 bridgehead atoms. The van der Waals surface area contributed by atoms with Gasteiger partial charge < -0.3 is 14.5 Å². The van der Waals surface area contributed by atoms with Crippen molar-refractivity contribution in [3.63, 3.8) is 0 Å². The number of hydrogen-bond donors (Lipinski definition) is 2. The van der Waals surface area contributed by atoms with Gasteiger partial charge in [-0.1, -0.05) is 50.1 Å². The van der Waals surface area contributed by atoms with E-state index in [1.165, 1.54) is 6.07 Å². The molecule has 3 aromatic rings. The van der Waals surface area contributed by atoms with E-state index in [9.17, 15) is 21.6 Å². The van der Waals surface area contributed by atoms with Gasteiger partial charge in [-0.15, -0.1) is 0 Å². The minimum atomic E-state index is -5.74. The van der Waals surface area contributed by atoms with Gasteiger partial charge in [0, 0.05) is 5.56 Å². The molecule has 2 fully saturated rings. The zero-order valence-electron chi connectivity index (χ0n) is 21.1. The van der Waals surface area contributed by atoms with Crippen LogP contribution < -0.4 is 9.50 Å². The van der Waals surface area contributed by atoms with E-state index >= 15 is 0 Å². The van der Waals surface area contributed by atoms with Gasteiger partial charge in [0.1, 0.15) is 11.6 Å². The molecular formula is C28H30F3N3O3S. The topological polar surface area (TPSA) is 84.1 Å². The number of hydrogen-bond acceptors (Lipinski definition) is 5. The number of benzene rings is 2. The Balaban J connectivity index is 1.35. The lowest BCUT2D eigenvalue weighted by atomic mass is 9.77. The van der Waals surface area contributed by atoms with Crippen LogP contribution in [0.4, 0.5) is 13.2 Å². The van der Waals surface area contributed by atoms with Crippen molar-refractivity contribution in [2.75, 3.05) is 6.54 Å². The molecule has 3 aliphatic rings. The van der Waals surface area contributed by atoms with Crippen LogP contribution >= 0.6 is 0 Å². The first-order chi connectivity index (χ1) is 18.1. The lowest BCUT2D eigenvalue weighted by molar-refractivity contribution is -0.0500. The van der Waals surface area contributed by atoms with E-state index in [0.29, 0.717) is 17.9 Å². The number of fused-ring (bicyclic) bond motifs is 2. The average molecular weight is 546 g/mol. The Morgan fingerprint density at radius 3 is 2.39 bits per heavy atom. The fraction of sp³-hybridized carbons (Fsp3) is 0.464. The molecule has 10 heteroatoms. The number of alkyl halides is 3. The summed E-state index contributed by atoms with van der Waals surface area (Å²) in [6.07, 6.45) is 8.12. The van der Waals surface area contributed by atoms with E-state index in [1.807, 2.05) is 30.5 Å². The molecule has 6 rings (SSSR count). The van der Waals surface area contributed by atoms with Crippen molar-refractivity contribution in [1.82, 2.24) is 15.3 Å². The maximum absolute atomic E-state index is 13.1. The summed E-state index contributed by atoms with van der Waals surface area (Å²) in [6, 6.07) is 11.4. The fourth-order valence-corrected chi connectivity index (χ4v) is 7.11. The van der Waals surface area contributed by atoms with Crippen molar-refractivity contribution >= 4 is 10.1 Å². The molecule has 2 atom stereocenters. The summed E-state index contributed by atoms with van der Waals surface area (Å²) in [4.78, 5) is 8.01. The Labute approximate surface area is 220 Å². The summed E-state index contributed by atoms with van der Waals surface area (Å²) in [5.74, 6) is 1.34. The van der Waals surface area contributed by atoms with E-state index < -0.39 is 15.6 Å². The Morgan fingerprint density at radius 1 is 1.03 bits per heavy atom. The molecule has 6 nitrogen and oxygen atoms in total. The van der Waals surface area contributed by atoms with Gasteiger partial charge in [0.25, 0.3) is 0 Å². The highest BCUT2D eigenvalue weighted by Crippen LogP contribution is 2.55. The van der Waals surface area contributed by atoms with Crippen LogP contribution in [0.3, 0.4) is 0 Å². The third kappa shape index (κ3) is 4.31. The first-order valence-electron chi connectivity index (χ1n) is 13.1. The minimum Gasteiger partial charge on any atom is -0.376 e. The number of nitrogens with zero attached hydrogens (tertiary/aromatic N) is 1. The summed E-state index contributed by atoms with van der Waals surface area (Å²) in [5.41, 5.74) is -0.328.